The average molecular weight is 371 g/mol. The minimum Gasteiger partial charge on any atom is -0.497 e. The second-order valence-corrected chi connectivity index (χ2v) is 5.90. The Morgan fingerprint density at radius 2 is 1.70 bits per heavy atom. The number of rotatable bonds is 10. The smallest absolute Gasteiger partial charge is 0.303 e. The number of aliphatic carboxylic acids is 1. The zero-order valence-electron chi connectivity index (χ0n) is 16.4. The first-order chi connectivity index (χ1) is 13.1. The van der Waals surface area contributed by atoms with Crippen LogP contribution in [0.4, 0.5) is 0 Å². The third-order valence-corrected chi connectivity index (χ3v) is 4.00. The molecule has 0 unspecified atom stereocenters. The van der Waals surface area contributed by atoms with Crippen LogP contribution in [0.15, 0.2) is 42.6 Å². The zero-order valence-corrected chi connectivity index (χ0v) is 16.4. The molecule has 1 aromatic heterocycles. The number of hydrogen-bond acceptors (Lipinski definition) is 4. The quantitative estimate of drug-likeness (QED) is 0.447. The molecule has 0 spiro atoms. The van der Waals surface area contributed by atoms with Crippen molar-refractivity contribution in [1.82, 2.24) is 4.98 Å². The fourth-order valence-electron chi connectivity index (χ4n) is 2.57. The van der Waals surface area contributed by atoms with Crippen LogP contribution in [0.1, 0.15) is 62.7 Å². The molecule has 0 atom stereocenters. The molecule has 27 heavy (non-hydrogen) atoms. The summed E-state index contributed by atoms with van der Waals surface area (Å²) in [6.45, 7) is 4.00. The lowest BCUT2D eigenvalue weighted by Gasteiger charge is -2.05. The largest absolute Gasteiger partial charge is 0.497 e. The zero-order chi connectivity index (χ0) is 20.1. The topological polar surface area (TPSA) is 76.5 Å². The second-order valence-electron chi connectivity index (χ2n) is 5.90. The number of aromatic nitrogens is 1. The minimum absolute atomic E-state index is 0.0722. The van der Waals surface area contributed by atoms with Crippen LogP contribution in [0.5, 0.6) is 5.75 Å². The Labute approximate surface area is 161 Å². The molecule has 0 fully saturated rings. The van der Waals surface area contributed by atoms with E-state index in [0.717, 1.165) is 36.3 Å². The molecule has 2 aromatic rings. The molecule has 0 aliphatic heterocycles. The van der Waals surface area contributed by atoms with Crippen molar-refractivity contribution in [2.24, 2.45) is 0 Å². The third kappa shape index (κ3) is 8.03. The molecule has 0 saturated heterocycles. The Morgan fingerprint density at radius 3 is 2.30 bits per heavy atom. The summed E-state index contributed by atoms with van der Waals surface area (Å²) in [6.07, 6.45) is 5.43. The van der Waals surface area contributed by atoms with Gasteiger partial charge < -0.3 is 9.84 Å². The van der Waals surface area contributed by atoms with Crippen LogP contribution in [-0.2, 0) is 4.79 Å². The van der Waals surface area contributed by atoms with Crippen LogP contribution in [0.2, 0.25) is 0 Å². The van der Waals surface area contributed by atoms with Gasteiger partial charge >= 0.3 is 5.97 Å². The molecule has 1 heterocycles. The van der Waals surface area contributed by atoms with Gasteiger partial charge in [-0.25, -0.2) is 0 Å². The Hall–Kier alpha value is -2.69. The molecule has 5 nitrogen and oxygen atoms in total. The van der Waals surface area contributed by atoms with Gasteiger partial charge in [0.2, 0.25) is 0 Å². The molecule has 1 N–H and O–H groups in total. The fourth-order valence-corrected chi connectivity index (χ4v) is 2.57. The first-order valence-corrected chi connectivity index (χ1v) is 9.45. The number of nitrogens with zero attached hydrogens (tertiary/aromatic N) is 1. The van der Waals surface area contributed by atoms with Gasteiger partial charge in [-0.2, -0.15) is 0 Å². The highest BCUT2D eigenvalue weighted by molar-refractivity contribution is 5.95. The lowest BCUT2D eigenvalue weighted by atomic mass is 10.0. The number of ether oxygens (including phenoxy) is 1. The average Bonchev–Trinajstić information content (AvgIpc) is 2.72. The van der Waals surface area contributed by atoms with E-state index in [4.69, 9.17) is 9.84 Å². The summed E-state index contributed by atoms with van der Waals surface area (Å²) in [5.41, 5.74) is 2.35. The Kier molecular flexibility index (Phi) is 10.5. The Morgan fingerprint density at radius 1 is 1.00 bits per heavy atom. The number of benzene rings is 1. The number of carboxylic acid groups (broad SMARTS) is 1. The molecule has 0 aliphatic rings. The normalized spacial score (nSPS) is 9.89. The summed E-state index contributed by atoms with van der Waals surface area (Å²) in [5.74, 6) is 0.0727. The summed E-state index contributed by atoms with van der Waals surface area (Å²) in [6, 6.07) is 11.3. The van der Waals surface area contributed by atoms with Gasteiger partial charge in [-0.05, 0) is 37.1 Å². The summed E-state index contributed by atoms with van der Waals surface area (Å²) in [5, 5.41) is 8.57. The van der Waals surface area contributed by atoms with E-state index in [1.54, 1.807) is 19.4 Å². The summed E-state index contributed by atoms with van der Waals surface area (Å²) in [7, 11) is 1.62. The van der Waals surface area contributed by atoms with Crippen LogP contribution in [-0.4, -0.2) is 29.0 Å². The molecule has 0 aliphatic carbocycles. The highest BCUT2D eigenvalue weighted by Gasteiger charge is 2.08. The number of carboxylic acids is 1. The van der Waals surface area contributed by atoms with Crippen molar-refractivity contribution < 1.29 is 19.4 Å². The minimum atomic E-state index is -0.765. The van der Waals surface area contributed by atoms with Gasteiger partial charge in [0.05, 0.1) is 12.8 Å². The van der Waals surface area contributed by atoms with Crippen molar-refractivity contribution in [3.05, 3.63) is 48.2 Å². The van der Waals surface area contributed by atoms with Crippen LogP contribution in [0.3, 0.4) is 0 Å². The maximum Gasteiger partial charge on any atom is 0.303 e. The molecule has 1 aromatic carbocycles. The van der Waals surface area contributed by atoms with Crippen LogP contribution >= 0.6 is 0 Å². The summed E-state index contributed by atoms with van der Waals surface area (Å²) >= 11 is 0. The molecular weight excluding hydrogens is 342 g/mol. The number of unbranched alkanes of at least 4 members (excludes halogenated alkanes) is 3. The first kappa shape index (κ1) is 22.4. The van der Waals surface area contributed by atoms with Gasteiger partial charge in [0.1, 0.15) is 5.75 Å². The van der Waals surface area contributed by atoms with Crippen molar-refractivity contribution in [3.63, 3.8) is 0 Å². The predicted molar refractivity (Wildman–Crippen MR) is 107 cm³/mol. The number of methoxy groups -OCH3 is 1. The van der Waals surface area contributed by atoms with E-state index < -0.39 is 5.97 Å². The van der Waals surface area contributed by atoms with Gasteiger partial charge in [0.15, 0.2) is 5.78 Å². The van der Waals surface area contributed by atoms with Crippen molar-refractivity contribution in [1.29, 1.82) is 0 Å². The number of Topliss-reactive ketones (excluding diaryl/α,β-unsaturated/α-hetero) is 1. The van der Waals surface area contributed by atoms with Gasteiger partial charge in [0, 0.05) is 30.2 Å². The van der Waals surface area contributed by atoms with Crippen LogP contribution in [0.25, 0.3) is 11.3 Å². The highest BCUT2D eigenvalue weighted by atomic mass is 16.5. The van der Waals surface area contributed by atoms with Crippen molar-refractivity contribution in [2.75, 3.05) is 7.11 Å². The summed E-state index contributed by atoms with van der Waals surface area (Å²) in [4.78, 5) is 27.0. The maximum absolute atomic E-state index is 12.2. The maximum atomic E-state index is 12.2. The third-order valence-electron chi connectivity index (χ3n) is 4.00. The SMILES string of the molecule is CC.COc1cccc(-c2ccc(C(=O)CCCCCCC(=O)O)cn2)c1. The Bertz CT molecular complexity index is 711. The summed E-state index contributed by atoms with van der Waals surface area (Å²) < 4.78 is 5.21. The van der Waals surface area contributed by atoms with E-state index in [1.165, 1.54) is 0 Å². The van der Waals surface area contributed by atoms with E-state index in [9.17, 15) is 9.59 Å². The van der Waals surface area contributed by atoms with E-state index >= 15 is 0 Å². The predicted octanol–water partition coefficient (Wildman–Crippen LogP) is 5.39. The monoisotopic (exact) mass is 371 g/mol. The van der Waals surface area contributed by atoms with Gasteiger partial charge in [-0.1, -0.05) is 38.8 Å². The van der Waals surface area contributed by atoms with E-state index in [-0.39, 0.29) is 12.2 Å². The van der Waals surface area contributed by atoms with Crippen molar-refractivity contribution in [3.8, 4) is 17.0 Å². The van der Waals surface area contributed by atoms with Gasteiger partial charge in [0.25, 0.3) is 0 Å². The number of pyridine rings is 1. The lowest BCUT2D eigenvalue weighted by molar-refractivity contribution is -0.137. The molecule has 0 bridgehead atoms. The van der Waals surface area contributed by atoms with Crippen LogP contribution < -0.4 is 4.74 Å². The molecule has 146 valence electrons. The standard InChI is InChI=1S/C20H23NO4.C2H6/c1-25-17-8-6-7-15(13-17)18-12-11-16(14-21-18)19(22)9-4-2-3-5-10-20(23)24;1-2/h6-8,11-14H,2-5,9-10H2,1H3,(H,23,24);1-2H3. The number of carbonyl (C=O) groups excluding carboxylic acids is 1. The van der Waals surface area contributed by atoms with E-state index in [1.807, 2.05) is 44.2 Å². The fraction of sp³-hybridized carbons (Fsp3) is 0.409. The molecule has 0 amide bonds. The van der Waals surface area contributed by atoms with E-state index in [0.29, 0.717) is 18.4 Å². The lowest BCUT2D eigenvalue weighted by Crippen LogP contribution is -2.00. The number of carbonyl (C=O) groups is 2. The van der Waals surface area contributed by atoms with Crippen LogP contribution in [0, 0.1) is 0 Å². The van der Waals surface area contributed by atoms with Gasteiger partial charge in [-0.15, -0.1) is 0 Å². The van der Waals surface area contributed by atoms with Gasteiger partial charge in [-0.3, -0.25) is 14.6 Å². The second kappa shape index (κ2) is 12.6. The number of ketones is 1. The van der Waals surface area contributed by atoms with Crippen molar-refractivity contribution in [2.45, 2.75) is 52.4 Å². The number of hydrogen-bond donors (Lipinski definition) is 1. The van der Waals surface area contributed by atoms with Crippen molar-refractivity contribution >= 4 is 11.8 Å². The molecule has 0 saturated carbocycles. The molecule has 0 radical (unpaired) electrons. The Balaban J connectivity index is 0.00000176. The highest BCUT2D eigenvalue weighted by Crippen LogP contribution is 2.22. The molecular formula is C22H29NO4. The van der Waals surface area contributed by atoms with E-state index in [2.05, 4.69) is 4.98 Å². The first-order valence-electron chi connectivity index (χ1n) is 9.45. The molecule has 2 rings (SSSR count). The molecule has 5 heteroatoms.